The number of thiophene rings is 1. The molecule has 0 bridgehead atoms. The van der Waals surface area contributed by atoms with Crippen molar-refractivity contribution in [2.75, 3.05) is 31.6 Å². The summed E-state index contributed by atoms with van der Waals surface area (Å²) in [5, 5.41) is 3.39. The summed E-state index contributed by atoms with van der Waals surface area (Å²) in [6.45, 7) is 7.37. The van der Waals surface area contributed by atoms with E-state index in [1.807, 2.05) is 18.7 Å². The van der Waals surface area contributed by atoms with Gasteiger partial charge in [-0.2, -0.15) is 0 Å². The third-order valence-electron chi connectivity index (χ3n) is 4.57. The lowest BCUT2D eigenvalue weighted by Gasteiger charge is -2.30. The first-order valence-electron chi connectivity index (χ1n) is 8.98. The normalized spacial score (nSPS) is 17.7. The van der Waals surface area contributed by atoms with Crippen LogP contribution in [0.2, 0.25) is 0 Å². The maximum absolute atomic E-state index is 12.5. The van der Waals surface area contributed by atoms with Gasteiger partial charge in [0.15, 0.2) is 0 Å². The Morgan fingerprint density at radius 3 is 2.69 bits per heavy atom. The molecule has 0 radical (unpaired) electrons. The molecule has 0 spiro atoms. The van der Waals surface area contributed by atoms with Gasteiger partial charge in [0, 0.05) is 11.4 Å². The van der Waals surface area contributed by atoms with Crippen LogP contribution in [0.1, 0.15) is 47.5 Å². The Labute approximate surface area is 157 Å². The van der Waals surface area contributed by atoms with E-state index in [1.165, 1.54) is 11.3 Å². The molecule has 144 valence electrons. The van der Waals surface area contributed by atoms with Crippen LogP contribution in [0.4, 0.5) is 5.00 Å². The van der Waals surface area contributed by atoms with Crippen LogP contribution in [0.15, 0.2) is 0 Å². The van der Waals surface area contributed by atoms with Crippen LogP contribution < -0.4 is 11.1 Å². The second-order valence-corrected chi connectivity index (χ2v) is 7.66. The van der Waals surface area contributed by atoms with Crippen LogP contribution >= 0.6 is 11.3 Å². The largest absolute Gasteiger partial charge is 0.462 e. The van der Waals surface area contributed by atoms with Gasteiger partial charge < -0.3 is 15.8 Å². The van der Waals surface area contributed by atoms with Gasteiger partial charge in [0.1, 0.15) is 5.00 Å². The van der Waals surface area contributed by atoms with Gasteiger partial charge in [-0.05, 0) is 45.2 Å². The molecule has 0 saturated carbocycles. The van der Waals surface area contributed by atoms with Gasteiger partial charge >= 0.3 is 5.97 Å². The number of carbonyl (C=O) groups is 3. The van der Waals surface area contributed by atoms with Crippen molar-refractivity contribution in [3.05, 3.63) is 16.0 Å². The highest BCUT2D eigenvalue weighted by Crippen LogP contribution is 2.34. The minimum absolute atomic E-state index is 0.171. The zero-order valence-corrected chi connectivity index (χ0v) is 16.4. The molecule has 1 aromatic rings. The van der Waals surface area contributed by atoms with Crippen LogP contribution in [0.25, 0.3) is 0 Å². The minimum atomic E-state index is -0.407. The standard InChI is InChI=1S/C18H27N3O4S/c1-4-13-11(3)26-17(15(13)18(24)25-5-2)20-14(22)10-21-8-6-7-12(9-21)16(19)23/h12H,4-10H2,1-3H3,(H2,19,23)(H,20,22)/t12-/m0/s1. The first kappa shape index (κ1) is 20.4. The van der Waals surface area contributed by atoms with Gasteiger partial charge in [0.05, 0.1) is 24.6 Å². The van der Waals surface area contributed by atoms with Crippen LogP contribution in [-0.4, -0.2) is 48.9 Å². The number of amides is 2. The summed E-state index contributed by atoms with van der Waals surface area (Å²) in [6.07, 6.45) is 2.30. The van der Waals surface area contributed by atoms with Crippen LogP contribution in [0, 0.1) is 12.8 Å². The maximum atomic E-state index is 12.5. The molecule has 3 N–H and O–H groups in total. The Hall–Kier alpha value is -1.93. The summed E-state index contributed by atoms with van der Waals surface area (Å²) < 4.78 is 5.15. The minimum Gasteiger partial charge on any atom is -0.462 e. The number of hydrogen-bond acceptors (Lipinski definition) is 6. The molecule has 1 aliphatic heterocycles. The number of anilines is 1. The van der Waals surface area contributed by atoms with E-state index in [0.717, 1.165) is 29.8 Å². The highest BCUT2D eigenvalue weighted by atomic mass is 32.1. The zero-order chi connectivity index (χ0) is 19.3. The number of piperidine rings is 1. The van der Waals surface area contributed by atoms with Crippen molar-refractivity contribution in [2.24, 2.45) is 11.7 Å². The lowest BCUT2D eigenvalue weighted by Crippen LogP contribution is -2.44. The third-order valence-corrected chi connectivity index (χ3v) is 5.63. The van der Waals surface area contributed by atoms with Crippen molar-refractivity contribution in [2.45, 2.75) is 40.0 Å². The molecule has 1 saturated heterocycles. The fourth-order valence-electron chi connectivity index (χ4n) is 3.31. The van der Waals surface area contributed by atoms with E-state index in [-0.39, 0.29) is 30.9 Å². The average Bonchev–Trinajstić information content (AvgIpc) is 2.90. The molecule has 0 aliphatic carbocycles. The summed E-state index contributed by atoms with van der Waals surface area (Å²) >= 11 is 1.39. The number of aryl methyl sites for hydroxylation is 1. The highest BCUT2D eigenvalue weighted by Gasteiger charge is 2.27. The molecule has 1 aliphatic rings. The van der Waals surface area contributed by atoms with Crippen molar-refractivity contribution in [1.29, 1.82) is 0 Å². The van der Waals surface area contributed by atoms with Crippen molar-refractivity contribution in [1.82, 2.24) is 4.90 Å². The number of rotatable bonds is 7. The molecule has 7 nitrogen and oxygen atoms in total. The molecule has 26 heavy (non-hydrogen) atoms. The number of nitrogens with two attached hydrogens (primary N) is 1. The monoisotopic (exact) mass is 381 g/mol. The second kappa shape index (κ2) is 9.14. The fourth-order valence-corrected chi connectivity index (χ4v) is 4.46. The molecule has 0 unspecified atom stereocenters. The van der Waals surface area contributed by atoms with Crippen LogP contribution in [0.3, 0.4) is 0 Å². The second-order valence-electron chi connectivity index (χ2n) is 6.44. The van der Waals surface area contributed by atoms with Gasteiger partial charge in [-0.1, -0.05) is 6.92 Å². The van der Waals surface area contributed by atoms with Crippen LogP contribution in [0.5, 0.6) is 0 Å². The topological polar surface area (TPSA) is 102 Å². The molecule has 2 heterocycles. The lowest BCUT2D eigenvalue weighted by atomic mass is 9.97. The van der Waals surface area contributed by atoms with E-state index in [4.69, 9.17) is 10.5 Å². The highest BCUT2D eigenvalue weighted by molar-refractivity contribution is 7.16. The van der Waals surface area contributed by atoms with Crippen molar-refractivity contribution < 1.29 is 19.1 Å². The quantitative estimate of drug-likeness (QED) is 0.703. The molecule has 2 amide bonds. The molecule has 0 aromatic carbocycles. The zero-order valence-electron chi connectivity index (χ0n) is 15.6. The van der Waals surface area contributed by atoms with Gasteiger partial charge in [-0.25, -0.2) is 4.79 Å². The van der Waals surface area contributed by atoms with Crippen LogP contribution in [-0.2, 0) is 20.7 Å². The number of hydrogen-bond donors (Lipinski definition) is 2. The first-order chi connectivity index (χ1) is 12.4. The number of carbonyl (C=O) groups excluding carboxylic acids is 3. The predicted octanol–water partition coefficient (Wildman–Crippen LogP) is 1.93. The number of ether oxygens (including phenoxy) is 1. The Bertz CT molecular complexity index is 686. The number of nitrogens with one attached hydrogen (secondary N) is 1. The summed E-state index contributed by atoms with van der Waals surface area (Å²) in [5.74, 6) is -1.14. The van der Waals surface area contributed by atoms with E-state index in [1.54, 1.807) is 6.92 Å². The summed E-state index contributed by atoms with van der Waals surface area (Å²) in [4.78, 5) is 39.1. The summed E-state index contributed by atoms with van der Waals surface area (Å²) in [5.41, 5.74) is 6.75. The molecular formula is C18H27N3O4S. The van der Waals surface area contributed by atoms with E-state index >= 15 is 0 Å². The molecule has 1 aromatic heterocycles. The van der Waals surface area contributed by atoms with E-state index in [0.29, 0.717) is 23.5 Å². The number of esters is 1. The smallest absolute Gasteiger partial charge is 0.341 e. The van der Waals surface area contributed by atoms with Gasteiger partial charge in [-0.3, -0.25) is 14.5 Å². The lowest BCUT2D eigenvalue weighted by molar-refractivity contribution is -0.125. The third kappa shape index (κ3) is 4.82. The predicted molar refractivity (Wildman–Crippen MR) is 101 cm³/mol. The number of likely N-dealkylation sites (tertiary alicyclic amines) is 1. The summed E-state index contributed by atoms with van der Waals surface area (Å²) in [6, 6.07) is 0. The Morgan fingerprint density at radius 1 is 1.35 bits per heavy atom. The van der Waals surface area contributed by atoms with Crippen molar-refractivity contribution in [3.8, 4) is 0 Å². The van der Waals surface area contributed by atoms with Gasteiger partial charge in [0.25, 0.3) is 0 Å². The molecule has 1 atom stereocenters. The maximum Gasteiger partial charge on any atom is 0.341 e. The molecule has 2 rings (SSSR count). The molecule has 8 heteroatoms. The Morgan fingerprint density at radius 2 is 2.08 bits per heavy atom. The fraction of sp³-hybridized carbons (Fsp3) is 0.611. The Balaban J connectivity index is 2.09. The van der Waals surface area contributed by atoms with Gasteiger partial charge in [-0.15, -0.1) is 11.3 Å². The van der Waals surface area contributed by atoms with E-state index in [9.17, 15) is 14.4 Å². The SMILES string of the molecule is CCOC(=O)c1c(NC(=O)CN2CCC[C@H](C(N)=O)C2)sc(C)c1CC. The van der Waals surface area contributed by atoms with E-state index < -0.39 is 5.97 Å². The molecular weight excluding hydrogens is 354 g/mol. The summed E-state index contributed by atoms with van der Waals surface area (Å²) in [7, 11) is 0. The number of primary amides is 1. The molecule has 1 fully saturated rings. The first-order valence-corrected chi connectivity index (χ1v) is 9.79. The number of nitrogens with zero attached hydrogens (tertiary/aromatic N) is 1. The average molecular weight is 381 g/mol. The van der Waals surface area contributed by atoms with Crippen molar-refractivity contribution in [3.63, 3.8) is 0 Å². The van der Waals surface area contributed by atoms with Crippen molar-refractivity contribution >= 4 is 34.1 Å². The van der Waals surface area contributed by atoms with Gasteiger partial charge in [0.2, 0.25) is 11.8 Å². The van der Waals surface area contributed by atoms with E-state index in [2.05, 4.69) is 5.32 Å². The Kier molecular flexibility index (Phi) is 7.16.